The topological polar surface area (TPSA) is 64.5 Å². The predicted octanol–water partition coefficient (Wildman–Crippen LogP) is 30.0. The van der Waals surface area contributed by atoms with Crippen molar-refractivity contribution in [3.63, 3.8) is 0 Å². The minimum atomic E-state index is 0.907. The summed E-state index contributed by atoms with van der Waals surface area (Å²) in [6.07, 6.45) is 26.0. The second-order valence-corrected chi connectivity index (χ2v) is 41.6. The average Bonchev–Trinajstić information content (AvgIpc) is 1.28. The van der Waals surface area contributed by atoms with Crippen LogP contribution in [0.4, 0.5) is 68.2 Å². The van der Waals surface area contributed by atoms with Crippen LogP contribution in [-0.2, 0) is 103 Å². The summed E-state index contributed by atoms with van der Waals surface area (Å²) >= 11 is 0. The van der Waals surface area contributed by atoms with Crippen molar-refractivity contribution < 1.29 is 0 Å². The van der Waals surface area contributed by atoms with E-state index in [1.54, 1.807) is 0 Å². The molecule has 8 nitrogen and oxygen atoms in total. The Labute approximate surface area is 812 Å². The SMILES string of the molecule is c1ccc2c(c1)Cc1cc3c(cc1-2)-c1cc2c(cc1C3)Cc1ccnc3c1N2c1ccccc1C3.c1ccc2c(c1)Cc1cc3c(cc1-2)-c1cc2c(cc1C3)Cc1cncc3c1N2c1ccccc1C3.c1ccc2c(c1)Cc1cc3c(cc1-2)-c1cc2c(cc1C3)Cc1nccc3c1N2c1ccccc1C3.c1ccc2c(c1)Cc1cc3c(cc1-2)Cc1cc2c(cc1-3)N1c3ccccc3Cc3ccnc(c31)C2. The lowest BCUT2D eigenvalue weighted by Crippen LogP contribution is -2.25. The molecule has 4 aromatic heterocycles. The second-order valence-electron chi connectivity index (χ2n) is 41.6. The minimum Gasteiger partial charge on any atom is -0.309 e. The lowest BCUT2D eigenvalue weighted by molar-refractivity contribution is 0.958. The molecule has 20 aromatic rings. The fraction of sp³-hybridized carbons (Fsp3) is 0.121. The highest BCUT2D eigenvalue weighted by Crippen LogP contribution is 2.61. The van der Waals surface area contributed by atoms with Gasteiger partial charge in [-0.1, -0.05) is 212 Å². The first kappa shape index (κ1) is 76.5. The summed E-state index contributed by atoms with van der Waals surface area (Å²) in [5.41, 5.74) is 83.5. The zero-order chi connectivity index (χ0) is 90.7. The molecule has 8 heteroatoms. The third kappa shape index (κ3) is 11.0. The molecule has 16 aromatic carbocycles. The number of para-hydroxylation sites is 4. The molecule has 140 heavy (non-hydrogen) atoms. The van der Waals surface area contributed by atoms with Crippen molar-refractivity contribution in [1.29, 1.82) is 0 Å². The Kier molecular flexibility index (Phi) is 15.6. The summed E-state index contributed by atoms with van der Waals surface area (Å²) in [4.78, 5) is 29.1. The molecular weight excluding hydrogens is 1700 g/mol. The molecule has 0 N–H and O–H groups in total. The standard InChI is InChI=1S/4C33H22N2/c1-3-7-27-19(5-1)9-21-11-22-12-23-13-24-14-26-18-34-17-25-10-20-6-2-4-8-31(20)35(33(25)26)32(24)16-30(23)29(22)15-28(21)27;1-3-7-26-19(5-1)11-22-13-23-14-24-15-25-12-21-9-10-34-30-16-20-6-2-4-8-31(20)35(33(21)30)32(25)18-29(24)28(23)17-27(22)26;1-3-7-26-19(5-1)11-23-16-28-24(15-27(23)26)13-22-14-25-17-30-33-21(9-10-34-30)12-20-6-2-4-8-31(20)35(33)32(25)18-29(22)28;1-3-7-26-19(5-1)11-22-13-23-14-24-15-25-16-30-33-21(9-10-34-30)12-20-6-2-4-8-31(20)35(33)32(25)18-29(24)28(23)17-27(22)26/h1-8,11,13,15-18H,9-10,12,14H2;1-10,13,15,17-18H,11-12,14,16H2;1-10,14-16,18H,11-13,17H2;1-10,13,15,17-18H,11-12,14,16H2. The van der Waals surface area contributed by atoms with Gasteiger partial charge in [-0.25, -0.2) is 0 Å². The molecular formula is C132H88N8. The third-order valence-corrected chi connectivity index (χ3v) is 34.1. The average molecular weight is 1790 g/mol. The maximum atomic E-state index is 4.84. The van der Waals surface area contributed by atoms with E-state index in [4.69, 9.17) is 15.0 Å². The summed E-state index contributed by atoms with van der Waals surface area (Å²) in [5, 5.41) is 0. The van der Waals surface area contributed by atoms with Gasteiger partial charge in [0.1, 0.15) is 0 Å². The van der Waals surface area contributed by atoms with Gasteiger partial charge in [-0.05, 0) is 399 Å². The van der Waals surface area contributed by atoms with E-state index < -0.39 is 0 Å². The van der Waals surface area contributed by atoms with Gasteiger partial charge >= 0.3 is 0 Å². The van der Waals surface area contributed by atoms with E-state index in [9.17, 15) is 0 Å². The van der Waals surface area contributed by atoms with E-state index in [1.807, 2.05) is 18.6 Å². The summed E-state index contributed by atoms with van der Waals surface area (Å²) < 4.78 is 0. The zero-order valence-electron chi connectivity index (χ0n) is 77.2. The molecule has 0 bridgehead atoms. The van der Waals surface area contributed by atoms with Crippen LogP contribution in [0.5, 0.6) is 0 Å². The first-order valence-electron chi connectivity index (χ1n) is 50.3. The summed E-state index contributed by atoms with van der Waals surface area (Å²) in [5.74, 6) is 0. The Balaban J connectivity index is 0.0000000829. The molecule has 8 aliphatic heterocycles. The van der Waals surface area contributed by atoms with Gasteiger partial charge in [0.15, 0.2) is 0 Å². The van der Waals surface area contributed by atoms with E-state index in [1.165, 1.54) is 336 Å². The number of nitrogens with zero attached hydrogens (tertiary/aromatic N) is 8. The van der Waals surface area contributed by atoms with Gasteiger partial charge in [-0.2, -0.15) is 0 Å². The monoisotopic (exact) mass is 1780 g/mol. The van der Waals surface area contributed by atoms with Gasteiger partial charge in [-0.3, -0.25) is 19.9 Å². The van der Waals surface area contributed by atoms with E-state index in [0.29, 0.717) is 0 Å². The summed E-state index contributed by atoms with van der Waals surface area (Å²) in [7, 11) is 0. The smallest absolute Gasteiger partial charge is 0.0716 e. The Morgan fingerprint density at radius 2 is 0.343 bits per heavy atom. The maximum absolute atomic E-state index is 4.84. The van der Waals surface area contributed by atoms with Gasteiger partial charge in [-0.15, -0.1) is 0 Å². The number of hydrogen-bond acceptors (Lipinski definition) is 8. The summed E-state index contributed by atoms with van der Waals surface area (Å²) in [6, 6.07) is 117. The number of pyridine rings is 4. The number of rotatable bonds is 0. The van der Waals surface area contributed by atoms with Crippen LogP contribution >= 0.6 is 0 Å². The highest BCUT2D eigenvalue weighted by molar-refractivity contribution is 6.01. The molecule has 12 heterocycles. The first-order chi connectivity index (χ1) is 69.3. The van der Waals surface area contributed by atoms with Crippen LogP contribution in [0, 0.1) is 0 Å². The van der Waals surface area contributed by atoms with Crippen LogP contribution in [0.2, 0.25) is 0 Å². The van der Waals surface area contributed by atoms with Gasteiger partial charge < -0.3 is 19.6 Å². The Hall–Kier alpha value is -16.7. The normalized spacial score (nSPS) is 14.9. The van der Waals surface area contributed by atoms with Crippen LogP contribution in [0.3, 0.4) is 0 Å². The van der Waals surface area contributed by atoms with Gasteiger partial charge in [0.05, 0.1) is 62.6 Å². The van der Waals surface area contributed by atoms with Gasteiger partial charge in [0.2, 0.25) is 0 Å². The molecule has 0 fully saturated rings. The van der Waals surface area contributed by atoms with Gasteiger partial charge in [0.25, 0.3) is 0 Å². The number of benzene rings is 16. The highest BCUT2D eigenvalue weighted by atomic mass is 15.2. The number of anilines is 12. The molecule has 0 radical (unpaired) electrons. The molecule has 0 unspecified atom stereocenters. The molecule has 0 amide bonds. The molecule has 8 aliphatic carbocycles. The van der Waals surface area contributed by atoms with Crippen LogP contribution in [0.15, 0.2) is 340 Å². The minimum absolute atomic E-state index is 0.907. The quantitative estimate of drug-likeness (QED) is 0.149. The predicted molar refractivity (Wildman–Crippen MR) is 564 cm³/mol. The zero-order valence-corrected chi connectivity index (χ0v) is 77.2. The third-order valence-electron chi connectivity index (χ3n) is 34.1. The van der Waals surface area contributed by atoms with E-state index in [-0.39, 0.29) is 0 Å². The Morgan fingerprint density at radius 3 is 0.679 bits per heavy atom. The largest absolute Gasteiger partial charge is 0.309 e. The molecule has 656 valence electrons. The van der Waals surface area contributed by atoms with Crippen LogP contribution in [-0.4, -0.2) is 19.9 Å². The molecule has 0 saturated heterocycles. The Bertz CT molecular complexity index is 8510. The van der Waals surface area contributed by atoms with Crippen LogP contribution < -0.4 is 19.6 Å². The fourth-order valence-corrected chi connectivity index (χ4v) is 28.0. The molecule has 36 rings (SSSR count). The lowest BCUT2D eigenvalue weighted by Gasteiger charge is -2.39. The van der Waals surface area contributed by atoms with Crippen molar-refractivity contribution in [2.75, 3.05) is 19.6 Å². The molecule has 0 atom stereocenters. The fourth-order valence-electron chi connectivity index (χ4n) is 28.0. The summed E-state index contributed by atoms with van der Waals surface area (Å²) in [6.45, 7) is 0. The lowest BCUT2D eigenvalue weighted by atomic mass is 9.86. The van der Waals surface area contributed by atoms with Crippen molar-refractivity contribution in [3.8, 4) is 89.0 Å². The number of fused-ring (bicyclic) bond motifs is 40. The number of aromatic nitrogens is 4. The molecule has 0 saturated carbocycles. The van der Waals surface area contributed by atoms with Crippen molar-refractivity contribution in [2.45, 2.75) is 103 Å². The molecule has 16 aliphatic rings. The van der Waals surface area contributed by atoms with Crippen molar-refractivity contribution in [1.82, 2.24) is 19.9 Å². The maximum Gasteiger partial charge on any atom is 0.0716 e. The van der Waals surface area contributed by atoms with Crippen LogP contribution in [0.1, 0.15) is 178 Å². The van der Waals surface area contributed by atoms with Crippen molar-refractivity contribution in [2.24, 2.45) is 0 Å². The second kappa shape index (κ2) is 28.5. The van der Waals surface area contributed by atoms with Crippen molar-refractivity contribution >= 4 is 68.2 Å². The highest BCUT2D eigenvalue weighted by Gasteiger charge is 2.42. The van der Waals surface area contributed by atoms with E-state index in [0.717, 1.165) is 103 Å². The van der Waals surface area contributed by atoms with E-state index >= 15 is 0 Å². The van der Waals surface area contributed by atoms with E-state index in [2.05, 4.69) is 346 Å². The first-order valence-corrected chi connectivity index (χ1v) is 50.3. The van der Waals surface area contributed by atoms with Crippen molar-refractivity contribution in [3.05, 3.63) is 519 Å². The molecule has 0 spiro atoms. The Morgan fingerprint density at radius 1 is 0.136 bits per heavy atom. The number of hydrogen-bond donors (Lipinski definition) is 0. The van der Waals surface area contributed by atoms with Crippen LogP contribution in [0.25, 0.3) is 89.0 Å². The van der Waals surface area contributed by atoms with Gasteiger partial charge in [0, 0.05) is 105 Å².